The number of thioether (sulfide) groups is 1. The van der Waals surface area contributed by atoms with Gasteiger partial charge in [-0.3, -0.25) is 9.59 Å². The highest BCUT2D eigenvalue weighted by atomic mass is 32.2. The molecule has 4 rings (SSSR count). The Morgan fingerprint density at radius 1 is 1.08 bits per heavy atom. The van der Waals surface area contributed by atoms with Crippen LogP contribution in [-0.2, 0) is 16.0 Å². The topological polar surface area (TPSA) is 61.8 Å². The first-order valence-electron chi connectivity index (χ1n) is 8.37. The van der Waals surface area contributed by atoms with Crippen LogP contribution in [0.15, 0.2) is 58.4 Å². The smallest absolute Gasteiger partial charge is 0.264 e. The second-order valence-corrected chi connectivity index (χ2v) is 7.04. The predicted molar refractivity (Wildman–Crippen MR) is 105 cm³/mol. The molecule has 1 saturated heterocycles. The number of nitrogens with zero attached hydrogens (tertiary/aromatic N) is 2. The van der Waals surface area contributed by atoms with Crippen molar-refractivity contribution in [2.24, 2.45) is 4.99 Å². The molecular weight excluding hydrogens is 346 g/mol. The lowest BCUT2D eigenvalue weighted by molar-refractivity contribution is -0.116. The molecule has 2 amide bonds. The molecule has 0 bridgehead atoms. The normalized spacial score (nSPS) is 20.7. The van der Waals surface area contributed by atoms with Crippen molar-refractivity contribution in [3.05, 3.63) is 64.6 Å². The number of hydrogen-bond donors (Lipinski definition) is 1. The van der Waals surface area contributed by atoms with Crippen LogP contribution in [0.25, 0.3) is 5.57 Å². The third kappa shape index (κ3) is 2.63. The number of nitrogens with one attached hydrogen (secondary N) is 1. The number of likely N-dealkylation sites (N-methyl/N-ethyl adjacent to an activating group) is 1. The van der Waals surface area contributed by atoms with Gasteiger partial charge in [0.05, 0.1) is 21.9 Å². The molecular formula is C20H17N3O2S. The summed E-state index contributed by atoms with van der Waals surface area (Å²) in [6.07, 6.45) is 0.857. The number of para-hydroxylation sites is 2. The van der Waals surface area contributed by atoms with E-state index in [2.05, 4.69) is 17.2 Å². The Morgan fingerprint density at radius 3 is 2.62 bits per heavy atom. The van der Waals surface area contributed by atoms with Gasteiger partial charge < -0.3 is 10.2 Å². The van der Waals surface area contributed by atoms with Crippen LogP contribution in [0, 0.1) is 0 Å². The van der Waals surface area contributed by atoms with Gasteiger partial charge in [0.2, 0.25) is 0 Å². The Bertz CT molecular complexity index is 994. The van der Waals surface area contributed by atoms with Crippen molar-refractivity contribution in [2.75, 3.05) is 11.9 Å². The number of hydrogen-bond acceptors (Lipinski definition) is 4. The lowest BCUT2D eigenvalue weighted by Gasteiger charge is -2.08. The maximum Gasteiger partial charge on any atom is 0.264 e. The zero-order chi connectivity index (χ0) is 18.3. The molecule has 0 spiro atoms. The SMILES string of the molecule is CCc1ccccc1N=C1NC(=O)/C(=C2/C(=O)N(C)c3ccccc32)S1. The van der Waals surface area contributed by atoms with Crippen molar-refractivity contribution >= 4 is 45.7 Å². The van der Waals surface area contributed by atoms with Crippen molar-refractivity contribution in [3.63, 3.8) is 0 Å². The van der Waals surface area contributed by atoms with Gasteiger partial charge in [0.25, 0.3) is 11.8 Å². The summed E-state index contributed by atoms with van der Waals surface area (Å²) in [5.74, 6) is -0.449. The largest absolute Gasteiger partial charge is 0.311 e. The summed E-state index contributed by atoms with van der Waals surface area (Å²) in [6, 6.07) is 15.3. The summed E-state index contributed by atoms with van der Waals surface area (Å²) in [5, 5.41) is 3.29. The number of fused-ring (bicyclic) bond motifs is 1. The molecule has 26 heavy (non-hydrogen) atoms. The Morgan fingerprint density at radius 2 is 1.81 bits per heavy atom. The highest BCUT2D eigenvalue weighted by Crippen LogP contribution is 2.42. The van der Waals surface area contributed by atoms with Crippen molar-refractivity contribution in [1.29, 1.82) is 0 Å². The van der Waals surface area contributed by atoms with Gasteiger partial charge in [0.15, 0.2) is 5.17 Å². The minimum atomic E-state index is -0.281. The lowest BCUT2D eigenvalue weighted by atomic mass is 10.1. The van der Waals surface area contributed by atoms with Crippen LogP contribution in [-0.4, -0.2) is 24.0 Å². The summed E-state index contributed by atoms with van der Waals surface area (Å²) in [5.41, 5.74) is 3.99. The van der Waals surface area contributed by atoms with E-state index >= 15 is 0 Å². The minimum absolute atomic E-state index is 0.168. The molecule has 6 heteroatoms. The highest BCUT2D eigenvalue weighted by molar-refractivity contribution is 8.18. The van der Waals surface area contributed by atoms with E-state index in [1.807, 2.05) is 48.5 Å². The van der Waals surface area contributed by atoms with Crippen LogP contribution in [0.5, 0.6) is 0 Å². The maximum atomic E-state index is 12.7. The van der Waals surface area contributed by atoms with E-state index < -0.39 is 0 Å². The van der Waals surface area contributed by atoms with E-state index in [-0.39, 0.29) is 11.8 Å². The van der Waals surface area contributed by atoms with E-state index in [4.69, 9.17) is 0 Å². The van der Waals surface area contributed by atoms with Gasteiger partial charge in [-0.05, 0) is 35.9 Å². The highest BCUT2D eigenvalue weighted by Gasteiger charge is 2.37. The Labute approximate surface area is 155 Å². The quantitative estimate of drug-likeness (QED) is 0.831. The van der Waals surface area contributed by atoms with Crippen molar-refractivity contribution in [2.45, 2.75) is 13.3 Å². The molecule has 0 aliphatic carbocycles. The van der Waals surface area contributed by atoms with Gasteiger partial charge >= 0.3 is 0 Å². The monoisotopic (exact) mass is 363 g/mol. The van der Waals surface area contributed by atoms with Crippen LogP contribution in [0.2, 0.25) is 0 Å². The zero-order valence-corrected chi connectivity index (χ0v) is 15.3. The molecule has 0 unspecified atom stereocenters. The summed E-state index contributed by atoms with van der Waals surface area (Å²) in [6.45, 7) is 2.07. The summed E-state index contributed by atoms with van der Waals surface area (Å²) < 4.78 is 0. The van der Waals surface area contributed by atoms with Gasteiger partial charge in [-0.1, -0.05) is 43.3 Å². The summed E-state index contributed by atoms with van der Waals surface area (Å²) in [7, 11) is 1.72. The molecule has 130 valence electrons. The zero-order valence-electron chi connectivity index (χ0n) is 14.4. The predicted octanol–water partition coefficient (Wildman–Crippen LogP) is 3.49. The number of aryl methyl sites for hydroxylation is 1. The average Bonchev–Trinajstić information content (AvgIpc) is 3.13. The standard InChI is InChI=1S/C20H17N3O2S/c1-3-12-8-4-6-10-14(12)21-20-22-18(24)17(26-20)16-13-9-5-7-11-15(13)23(2)19(16)25/h4-11H,3H2,1-2H3,(H,21,22,24)/b17-16-. The van der Waals surface area contributed by atoms with Crippen LogP contribution in [0.3, 0.4) is 0 Å². The van der Waals surface area contributed by atoms with Gasteiger partial charge in [-0.2, -0.15) is 0 Å². The Balaban J connectivity index is 1.76. The molecule has 2 aliphatic rings. The molecule has 2 aliphatic heterocycles. The molecule has 1 fully saturated rings. The summed E-state index contributed by atoms with van der Waals surface area (Å²) >= 11 is 1.22. The fourth-order valence-electron chi connectivity index (χ4n) is 3.16. The lowest BCUT2D eigenvalue weighted by Crippen LogP contribution is -2.23. The number of benzene rings is 2. The maximum absolute atomic E-state index is 12.7. The minimum Gasteiger partial charge on any atom is -0.311 e. The number of anilines is 1. The fourth-order valence-corrected chi connectivity index (χ4v) is 4.08. The van der Waals surface area contributed by atoms with E-state index in [0.717, 1.165) is 28.9 Å². The molecule has 0 aromatic heterocycles. The number of rotatable bonds is 2. The second-order valence-electron chi connectivity index (χ2n) is 6.04. The Kier molecular flexibility index (Phi) is 4.12. The molecule has 1 N–H and O–H groups in total. The molecule has 2 aromatic rings. The number of carbonyl (C=O) groups excluding carboxylic acids is 2. The van der Waals surface area contributed by atoms with Crippen LogP contribution in [0.4, 0.5) is 11.4 Å². The fraction of sp³-hybridized carbons (Fsp3) is 0.150. The third-order valence-electron chi connectivity index (χ3n) is 4.50. The molecule has 0 atom stereocenters. The first kappa shape index (κ1) is 16.6. The number of aliphatic imine (C=N–C) groups is 1. The van der Waals surface area contributed by atoms with Crippen LogP contribution >= 0.6 is 11.8 Å². The van der Waals surface area contributed by atoms with Crippen molar-refractivity contribution < 1.29 is 9.59 Å². The van der Waals surface area contributed by atoms with Crippen LogP contribution in [0.1, 0.15) is 18.1 Å². The van der Waals surface area contributed by atoms with Crippen LogP contribution < -0.4 is 10.2 Å². The van der Waals surface area contributed by atoms with E-state index in [1.54, 1.807) is 11.9 Å². The van der Waals surface area contributed by atoms with Gasteiger partial charge in [-0.15, -0.1) is 0 Å². The number of amides is 2. The molecule has 0 radical (unpaired) electrons. The van der Waals surface area contributed by atoms with E-state index in [9.17, 15) is 9.59 Å². The van der Waals surface area contributed by atoms with Gasteiger partial charge in [0.1, 0.15) is 0 Å². The van der Waals surface area contributed by atoms with Crippen molar-refractivity contribution in [3.8, 4) is 0 Å². The van der Waals surface area contributed by atoms with Gasteiger partial charge in [-0.25, -0.2) is 4.99 Å². The third-order valence-corrected chi connectivity index (χ3v) is 5.48. The molecule has 2 heterocycles. The first-order valence-corrected chi connectivity index (χ1v) is 9.19. The van der Waals surface area contributed by atoms with E-state index in [0.29, 0.717) is 15.6 Å². The number of amidine groups is 1. The van der Waals surface area contributed by atoms with Gasteiger partial charge in [0, 0.05) is 12.6 Å². The molecule has 5 nitrogen and oxygen atoms in total. The Hall–Kier alpha value is -2.86. The number of carbonyl (C=O) groups is 2. The summed E-state index contributed by atoms with van der Waals surface area (Å²) in [4.78, 5) is 31.8. The molecule has 0 saturated carbocycles. The van der Waals surface area contributed by atoms with E-state index in [1.165, 1.54) is 11.8 Å². The first-order chi connectivity index (χ1) is 12.6. The average molecular weight is 363 g/mol. The second kappa shape index (κ2) is 6.46. The van der Waals surface area contributed by atoms with Crippen molar-refractivity contribution in [1.82, 2.24) is 5.32 Å². The molecule has 2 aromatic carbocycles.